The lowest BCUT2D eigenvalue weighted by Gasteiger charge is -2.40. The van der Waals surface area contributed by atoms with E-state index in [1.54, 1.807) is 0 Å². The molecule has 0 amide bonds. The molecule has 6 atom stereocenters. The van der Waals surface area contributed by atoms with Gasteiger partial charge in [0.1, 0.15) is 36.8 Å². The van der Waals surface area contributed by atoms with Gasteiger partial charge in [0.15, 0.2) is 12.4 Å². The zero-order valence-corrected chi connectivity index (χ0v) is 39.3. The van der Waals surface area contributed by atoms with E-state index >= 15 is 0 Å². The first-order chi connectivity index (χ1) is 30.0. The van der Waals surface area contributed by atoms with Crippen molar-refractivity contribution in [1.82, 2.24) is 0 Å². The summed E-state index contributed by atoms with van der Waals surface area (Å²) in [5.74, 6) is -2.02. The second-order valence-electron chi connectivity index (χ2n) is 16.8. The molecule has 1 rings (SSSR count). The van der Waals surface area contributed by atoms with Crippen LogP contribution in [0.3, 0.4) is 0 Å². The van der Waals surface area contributed by atoms with Crippen LogP contribution in [0.15, 0.2) is 48.6 Å². The molecule has 0 bridgehead atoms. The third kappa shape index (κ3) is 33.2. The largest absolute Gasteiger partial charge is 0.462 e. The molecule has 0 aromatic heterocycles. The number of unbranched alkanes of at least 4 members (excludes halogenated alkanes) is 20. The summed E-state index contributed by atoms with van der Waals surface area (Å²) in [5, 5.41) is 30.9. The molecule has 1 aliphatic heterocycles. The fourth-order valence-corrected chi connectivity index (χ4v) is 7.83. The fourth-order valence-electron chi connectivity index (χ4n) is 7.14. The number of rotatable bonds is 40. The van der Waals surface area contributed by atoms with Crippen LogP contribution in [-0.2, 0) is 38.7 Å². The molecular formula is C49H86O12S. The van der Waals surface area contributed by atoms with Crippen LogP contribution >= 0.6 is 0 Å². The molecule has 360 valence electrons. The average Bonchev–Trinajstić information content (AvgIpc) is 3.24. The van der Waals surface area contributed by atoms with Gasteiger partial charge in [0.05, 0.1) is 6.61 Å². The number of hydrogen-bond donors (Lipinski definition) is 4. The highest BCUT2D eigenvalue weighted by atomic mass is 32.2. The second kappa shape index (κ2) is 39.0. The van der Waals surface area contributed by atoms with Crippen LogP contribution in [0.4, 0.5) is 0 Å². The van der Waals surface area contributed by atoms with E-state index in [2.05, 4.69) is 62.5 Å². The van der Waals surface area contributed by atoms with Crippen LogP contribution in [0.5, 0.6) is 0 Å². The van der Waals surface area contributed by atoms with Crippen LogP contribution in [-0.4, -0.2) is 96.0 Å². The number of aliphatic hydroxyl groups excluding tert-OH is 3. The second-order valence-corrected chi connectivity index (χ2v) is 18.3. The number of carbonyl (C=O) groups excluding carboxylic acids is 2. The fraction of sp³-hybridized carbons (Fsp3) is 0.796. The molecule has 13 heteroatoms. The van der Waals surface area contributed by atoms with Crippen molar-refractivity contribution in [3.63, 3.8) is 0 Å². The predicted octanol–water partition coefficient (Wildman–Crippen LogP) is 10.3. The molecular weight excluding hydrogens is 813 g/mol. The summed E-state index contributed by atoms with van der Waals surface area (Å²) in [6, 6.07) is 0. The SMILES string of the molecule is CCC/C=C/C/C=C/C/C=C/C/C=C/CCCCCC(=O)OC[C@H](CO[C@H]1O[C@H](CS(=O)(=O)O)[C@@H](O)C(O)C1O)OC(=O)CCCCCCCCCCCCCCCCCCC. The van der Waals surface area contributed by atoms with E-state index in [4.69, 9.17) is 18.9 Å². The number of ether oxygens (including phenoxy) is 4. The maximum Gasteiger partial charge on any atom is 0.306 e. The first-order valence-corrected chi connectivity index (χ1v) is 25.8. The predicted molar refractivity (Wildman–Crippen MR) is 247 cm³/mol. The van der Waals surface area contributed by atoms with E-state index in [0.717, 1.165) is 64.2 Å². The minimum Gasteiger partial charge on any atom is -0.462 e. The Morgan fingerprint density at radius 3 is 1.50 bits per heavy atom. The minimum absolute atomic E-state index is 0.159. The number of carbonyl (C=O) groups is 2. The summed E-state index contributed by atoms with van der Waals surface area (Å²) in [4.78, 5) is 25.5. The first-order valence-electron chi connectivity index (χ1n) is 24.2. The average molecular weight is 899 g/mol. The van der Waals surface area contributed by atoms with Crippen LogP contribution in [0.1, 0.15) is 194 Å². The summed E-state index contributed by atoms with van der Waals surface area (Å²) in [6.45, 7) is 3.68. The lowest BCUT2D eigenvalue weighted by molar-refractivity contribution is -0.297. The van der Waals surface area contributed by atoms with Crippen LogP contribution < -0.4 is 0 Å². The van der Waals surface area contributed by atoms with Gasteiger partial charge in [0.2, 0.25) is 0 Å². The molecule has 0 spiro atoms. The Bertz CT molecular complexity index is 1330. The van der Waals surface area contributed by atoms with Gasteiger partial charge in [-0.25, -0.2) is 0 Å². The maximum atomic E-state index is 12.8. The van der Waals surface area contributed by atoms with E-state index in [9.17, 15) is 37.9 Å². The standard InChI is InChI=1S/C49H86O12S/c1-3-5-7-9-11-13-15-17-19-21-23-25-27-29-31-33-35-37-44(50)58-39-42(40-59-49-48(54)47(53)46(52)43(61-49)41-62(55,56)57)60-45(51)38-36-34-32-30-28-26-24-22-20-18-16-14-12-10-8-6-4-2/h7,9,13,15,19,21,25,27,42-43,46-49,52-54H,3-6,8,10-12,14,16-18,20,22-24,26,28-41H2,1-2H3,(H,55,56,57)/b9-7+,15-13+,21-19+,27-25+/t42-,43-,46-,47?,48?,49+/m1/s1. The lowest BCUT2D eigenvalue weighted by atomic mass is 10.00. The Labute approximate surface area is 375 Å². The molecule has 2 unspecified atom stereocenters. The molecule has 0 saturated carbocycles. The van der Waals surface area contributed by atoms with E-state index in [-0.39, 0.29) is 19.4 Å². The van der Waals surface area contributed by atoms with E-state index in [0.29, 0.717) is 12.8 Å². The Morgan fingerprint density at radius 1 is 0.548 bits per heavy atom. The quantitative estimate of drug-likeness (QED) is 0.0198. The van der Waals surface area contributed by atoms with Crippen molar-refractivity contribution in [2.45, 2.75) is 230 Å². The molecule has 1 heterocycles. The summed E-state index contributed by atoms with van der Waals surface area (Å²) in [5.41, 5.74) is 0. The molecule has 1 fully saturated rings. The molecule has 62 heavy (non-hydrogen) atoms. The zero-order chi connectivity index (χ0) is 45.5. The van der Waals surface area contributed by atoms with E-state index in [1.165, 1.54) is 89.9 Å². The van der Waals surface area contributed by atoms with Gasteiger partial charge in [-0.1, -0.05) is 178 Å². The van der Waals surface area contributed by atoms with Crippen molar-refractivity contribution in [1.29, 1.82) is 0 Å². The van der Waals surface area contributed by atoms with Crippen LogP contribution in [0.2, 0.25) is 0 Å². The molecule has 4 N–H and O–H groups in total. The van der Waals surface area contributed by atoms with E-state index < -0.39 is 71.2 Å². The number of aliphatic hydroxyl groups is 3. The monoisotopic (exact) mass is 899 g/mol. The van der Waals surface area contributed by atoms with Gasteiger partial charge in [0, 0.05) is 12.8 Å². The number of allylic oxidation sites excluding steroid dienone is 8. The molecule has 1 aliphatic rings. The molecule has 0 aliphatic carbocycles. The van der Waals surface area contributed by atoms with Crippen molar-refractivity contribution < 1.29 is 56.8 Å². The molecule has 0 aromatic rings. The van der Waals surface area contributed by atoms with Gasteiger partial charge in [-0.2, -0.15) is 8.42 Å². The van der Waals surface area contributed by atoms with Gasteiger partial charge in [-0.3, -0.25) is 14.1 Å². The molecule has 0 aromatic carbocycles. The Hall–Kier alpha value is -2.39. The first kappa shape index (κ1) is 57.6. The Morgan fingerprint density at radius 2 is 1.00 bits per heavy atom. The topological polar surface area (TPSA) is 186 Å². The maximum absolute atomic E-state index is 12.8. The Kier molecular flexibility index (Phi) is 36.3. The third-order valence-corrected chi connectivity index (χ3v) is 11.6. The van der Waals surface area contributed by atoms with Gasteiger partial charge in [-0.15, -0.1) is 0 Å². The van der Waals surface area contributed by atoms with Crippen molar-refractivity contribution >= 4 is 22.1 Å². The molecule has 0 radical (unpaired) electrons. The summed E-state index contributed by atoms with van der Waals surface area (Å²) in [6.07, 6.45) is 37.2. The van der Waals surface area contributed by atoms with Crippen molar-refractivity contribution in [3.8, 4) is 0 Å². The van der Waals surface area contributed by atoms with Crippen LogP contribution in [0.25, 0.3) is 0 Å². The third-order valence-electron chi connectivity index (χ3n) is 10.9. The highest BCUT2D eigenvalue weighted by Gasteiger charge is 2.46. The van der Waals surface area contributed by atoms with E-state index in [1.807, 2.05) is 0 Å². The highest BCUT2D eigenvalue weighted by Crippen LogP contribution is 2.24. The van der Waals surface area contributed by atoms with Crippen molar-refractivity contribution in [2.24, 2.45) is 0 Å². The van der Waals surface area contributed by atoms with Gasteiger partial charge < -0.3 is 34.3 Å². The number of hydrogen-bond acceptors (Lipinski definition) is 11. The zero-order valence-electron chi connectivity index (χ0n) is 38.5. The lowest BCUT2D eigenvalue weighted by Crippen LogP contribution is -2.60. The summed E-state index contributed by atoms with van der Waals surface area (Å²) in [7, 11) is -4.61. The molecule has 12 nitrogen and oxygen atoms in total. The highest BCUT2D eigenvalue weighted by molar-refractivity contribution is 7.85. The van der Waals surface area contributed by atoms with Crippen molar-refractivity contribution in [2.75, 3.05) is 19.0 Å². The summed E-state index contributed by atoms with van der Waals surface area (Å²) < 4.78 is 54.1. The van der Waals surface area contributed by atoms with Crippen LogP contribution in [0, 0.1) is 0 Å². The number of esters is 2. The summed E-state index contributed by atoms with van der Waals surface area (Å²) >= 11 is 0. The van der Waals surface area contributed by atoms with Crippen molar-refractivity contribution in [3.05, 3.63) is 48.6 Å². The minimum atomic E-state index is -4.61. The normalized spacial score (nSPS) is 20.3. The van der Waals surface area contributed by atoms with Gasteiger partial charge >= 0.3 is 11.9 Å². The Balaban J connectivity index is 2.43. The smallest absolute Gasteiger partial charge is 0.306 e. The molecule has 1 saturated heterocycles. The van der Waals surface area contributed by atoms with Gasteiger partial charge in [-0.05, 0) is 51.4 Å². The van der Waals surface area contributed by atoms with Gasteiger partial charge in [0.25, 0.3) is 10.1 Å².